The Kier molecular flexibility index (Phi) is 9.86. The number of ether oxygens (including phenoxy) is 2. The highest BCUT2D eigenvalue weighted by Gasteiger charge is 2.49. The van der Waals surface area contributed by atoms with E-state index in [9.17, 15) is 14.4 Å². The molecule has 2 aromatic heterocycles. The molecule has 57 heavy (non-hydrogen) atoms. The third kappa shape index (κ3) is 7.04. The summed E-state index contributed by atoms with van der Waals surface area (Å²) in [4.78, 5) is 60.2. The molecule has 298 valence electrons. The zero-order chi connectivity index (χ0) is 40.4. The molecule has 2 saturated heterocycles. The number of methoxy groups -OCH3 is 1. The fraction of sp³-hybridized carbons (Fsp3) is 0.432. The predicted molar refractivity (Wildman–Crippen MR) is 226 cm³/mol. The van der Waals surface area contributed by atoms with Crippen molar-refractivity contribution in [3.8, 4) is 11.1 Å². The summed E-state index contributed by atoms with van der Waals surface area (Å²) in [5.74, 6) is 1.28. The van der Waals surface area contributed by atoms with Crippen LogP contribution in [0.15, 0.2) is 60.7 Å². The molecule has 12 nitrogen and oxygen atoms in total. The normalized spacial score (nSPS) is 20.6. The topological polar surface area (TPSA) is 146 Å². The Morgan fingerprint density at radius 2 is 1.56 bits per heavy atom. The summed E-state index contributed by atoms with van der Waals surface area (Å²) in [6, 6.07) is 20.4. The zero-order valence-electron chi connectivity index (χ0n) is 33.9. The molecular weight excluding hydrogens is 739 g/mol. The molecule has 0 bridgehead atoms. The first kappa shape index (κ1) is 38.6. The number of benzene rings is 4. The van der Waals surface area contributed by atoms with Gasteiger partial charge in [-0.3, -0.25) is 9.69 Å². The maximum absolute atomic E-state index is 13.7. The van der Waals surface area contributed by atoms with Crippen molar-refractivity contribution in [1.82, 2.24) is 35.1 Å². The Morgan fingerprint density at radius 3 is 2.16 bits per heavy atom. The Morgan fingerprint density at radius 1 is 0.930 bits per heavy atom. The lowest BCUT2D eigenvalue weighted by Crippen LogP contribution is -2.51. The molecular formula is C44H51N7O5S. The Hall–Kier alpha value is -5.30. The smallest absolute Gasteiger partial charge is 0.411 e. The van der Waals surface area contributed by atoms with Gasteiger partial charge < -0.3 is 29.7 Å². The van der Waals surface area contributed by atoms with Crippen LogP contribution >= 0.6 is 11.8 Å². The Balaban J connectivity index is 1.08. The molecule has 8 rings (SSSR count). The number of nitrogens with one attached hydrogen (secondary N) is 3. The van der Waals surface area contributed by atoms with Crippen molar-refractivity contribution in [3.63, 3.8) is 0 Å². The summed E-state index contributed by atoms with van der Waals surface area (Å²) in [6.07, 6.45) is 3.56. The van der Waals surface area contributed by atoms with Crippen LogP contribution < -0.4 is 5.32 Å². The maximum atomic E-state index is 13.7. The van der Waals surface area contributed by atoms with E-state index in [1.54, 1.807) is 11.8 Å². The highest BCUT2D eigenvalue weighted by Crippen LogP contribution is 2.43. The van der Waals surface area contributed by atoms with E-state index in [0.29, 0.717) is 13.1 Å². The third-order valence-corrected chi connectivity index (χ3v) is 12.6. The van der Waals surface area contributed by atoms with Gasteiger partial charge in [-0.15, -0.1) is 0 Å². The van der Waals surface area contributed by atoms with Crippen molar-refractivity contribution in [2.45, 2.75) is 89.3 Å². The molecule has 0 spiro atoms. The lowest BCUT2D eigenvalue weighted by molar-refractivity contribution is -0.135. The van der Waals surface area contributed by atoms with E-state index in [4.69, 9.17) is 19.4 Å². The van der Waals surface area contributed by atoms with Crippen LogP contribution in [0, 0.1) is 5.92 Å². The molecule has 4 aromatic carbocycles. The van der Waals surface area contributed by atoms with Crippen LogP contribution in [0.4, 0.5) is 9.59 Å². The number of aromatic amines is 2. The Bertz CT molecular complexity index is 2540. The summed E-state index contributed by atoms with van der Waals surface area (Å²) < 4.78 is 10.6. The number of aromatic nitrogens is 4. The van der Waals surface area contributed by atoms with Crippen molar-refractivity contribution in [2.75, 3.05) is 26.5 Å². The second-order valence-corrected chi connectivity index (χ2v) is 18.1. The fourth-order valence-corrected chi connectivity index (χ4v) is 9.38. The molecule has 3 N–H and O–H groups in total. The summed E-state index contributed by atoms with van der Waals surface area (Å²) in [5, 5.41) is 7.20. The monoisotopic (exact) mass is 789 g/mol. The quantitative estimate of drug-likeness (QED) is 0.145. The van der Waals surface area contributed by atoms with Gasteiger partial charge in [-0.05, 0) is 105 Å². The minimum atomic E-state index is -0.690. The second kappa shape index (κ2) is 14.6. The fourth-order valence-electron chi connectivity index (χ4n) is 8.59. The number of hydrogen-bond acceptors (Lipinski definition) is 8. The minimum absolute atomic E-state index is 0.106. The predicted octanol–water partition coefficient (Wildman–Crippen LogP) is 9.04. The van der Waals surface area contributed by atoms with Crippen molar-refractivity contribution in [2.24, 2.45) is 5.92 Å². The molecule has 4 atom stereocenters. The van der Waals surface area contributed by atoms with Crippen LogP contribution in [0.1, 0.15) is 78.5 Å². The molecule has 4 heterocycles. The number of carbonyl (C=O) groups excluding carboxylic acids is 3. The molecule has 0 unspecified atom stereocenters. The van der Waals surface area contributed by atoms with Crippen molar-refractivity contribution in [1.29, 1.82) is 0 Å². The van der Waals surface area contributed by atoms with Gasteiger partial charge in [0.05, 0.1) is 35.2 Å². The summed E-state index contributed by atoms with van der Waals surface area (Å²) in [6.45, 7) is 12.8. The molecule has 6 aromatic rings. The van der Waals surface area contributed by atoms with E-state index in [1.165, 1.54) is 7.11 Å². The molecule has 2 aliphatic rings. The van der Waals surface area contributed by atoms with E-state index in [-0.39, 0.29) is 29.2 Å². The van der Waals surface area contributed by atoms with Crippen LogP contribution in [-0.2, 0) is 19.8 Å². The number of alkyl carbamates (subject to hydrolysis) is 1. The van der Waals surface area contributed by atoms with Gasteiger partial charge in [-0.1, -0.05) is 50.2 Å². The molecule has 2 aliphatic heterocycles. The number of H-pyrrole nitrogens is 2. The SMILES string of the molecule is COC(=O)N[C@H](C(=O)N1CCC[C@H]1c1nc2c(ccc3cc(-c4ccc5c(ccc6[nH]c([C@]7(C)C[C@H](SC)CN7C(=O)OC(C)(C)C)nc65)c4)ccc32)[nH]1)C(C)C. The van der Waals surface area contributed by atoms with Crippen LogP contribution in [-0.4, -0.2) is 91.2 Å². The van der Waals surface area contributed by atoms with Gasteiger partial charge in [0.15, 0.2) is 0 Å². The highest BCUT2D eigenvalue weighted by molar-refractivity contribution is 7.99. The first-order valence-electron chi connectivity index (χ1n) is 19.7. The number of imidazole rings is 2. The average molecular weight is 790 g/mol. The van der Waals surface area contributed by atoms with Crippen LogP contribution in [0.3, 0.4) is 0 Å². The van der Waals surface area contributed by atoms with E-state index in [0.717, 1.165) is 85.6 Å². The van der Waals surface area contributed by atoms with Crippen LogP contribution in [0.25, 0.3) is 54.7 Å². The maximum Gasteiger partial charge on any atom is 0.411 e. The largest absolute Gasteiger partial charge is 0.453 e. The molecule has 0 radical (unpaired) electrons. The van der Waals surface area contributed by atoms with Crippen molar-refractivity contribution < 1.29 is 23.9 Å². The van der Waals surface area contributed by atoms with Crippen molar-refractivity contribution >= 4 is 73.5 Å². The van der Waals surface area contributed by atoms with Crippen LogP contribution in [0.5, 0.6) is 0 Å². The van der Waals surface area contributed by atoms with Gasteiger partial charge in [0, 0.05) is 29.1 Å². The number of thioether (sulfide) groups is 1. The molecule has 2 fully saturated rings. The lowest BCUT2D eigenvalue weighted by Gasteiger charge is -2.34. The van der Waals surface area contributed by atoms with E-state index < -0.39 is 23.3 Å². The number of nitrogens with zero attached hydrogens (tertiary/aromatic N) is 4. The summed E-state index contributed by atoms with van der Waals surface area (Å²) >= 11 is 1.77. The van der Waals surface area contributed by atoms with Crippen LogP contribution in [0.2, 0.25) is 0 Å². The molecule has 0 saturated carbocycles. The highest BCUT2D eigenvalue weighted by atomic mass is 32.2. The Labute approximate surface area is 336 Å². The van der Waals surface area contributed by atoms with Crippen molar-refractivity contribution in [3.05, 3.63) is 72.3 Å². The van der Waals surface area contributed by atoms with E-state index in [2.05, 4.69) is 89.1 Å². The molecule has 13 heteroatoms. The van der Waals surface area contributed by atoms with E-state index >= 15 is 0 Å². The molecule has 0 aliphatic carbocycles. The minimum Gasteiger partial charge on any atom is -0.453 e. The van der Waals surface area contributed by atoms with E-state index in [1.807, 2.05) is 44.4 Å². The zero-order valence-corrected chi connectivity index (χ0v) is 34.7. The molecule has 3 amide bonds. The lowest BCUT2D eigenvalue weighted by atomic mass is 9.97. The first-order valence-corrected chi connectivity index (χ1v) is 21.0. The standard InChI is InChI=1S/C44H51N7O5S/c1-24(2)35(49-41(53)55-7)39(52)50-19-9-10-34(50)38-45-32-17-13-27-20-25(11-15-30(27)36(32)47-38)26-12-16-31-28(21-26)14-18-33-37(31)48-40(46-33)44(6)22-29(57-8)23-51(44)42(54)56-43(3,4)5/h11-18,20-21,24,29,34-35H,9-10,19,22-23H2,1-8H3,(H,45,47)(H,46,48)(H,49,53)/t29-,34-,35-,44-/m0/s1. The third-order valence-electron chi connectivity index (χ3n) is 11.6. The number of fused-ring (bicyclic) bond motifs is 6. The number of hydrogen-bond donors (Lipinski definition) is 3. The number of amides is 3. The summed E-state index contributed by atoms with van der Waals surface area (Å²) in [7, 11) is 1.30. The van der Waals surface area contributed by atoms with Gasteiger partial charge in [0.2, 0.25) is 5.91 Å². The van der Waals surface area contributed by atoms with Gasteiger partial charge in [0.25, 0.3) is 0 Å². The van der Waals surface area contributed by atoms with Gasteiger partial charge >= 0.3 is 12.2 Å². The summed E-state index contributed by atoms with van der Waals surface area (Å²) in [5.41, 5.74) is 4.52. The average Bonchev–Trinajstić information content (AvgIpc) is 3.99. The van der Waals surface area contributed by atoms with Gasteiger partial charge in [-0.25, -0.2) is 19.6 Å². The van der Waals surface area contributed by atoms with Gasteiger partial charge in [0.1, 0.15) is 28.8 Å². The number of carbonyl (C=O) groups is 3. The first-order chi connectivity index (χ1) is 27.2. The number of rotatable bonds is 7. The van der Waals surface area contributed by atoms with Gasteiger partial charge in [-0.2, -0.15) is 11.8 Å². The number of likely N-dealkylation sites (tertiary alicyclic amines) is 2. The second-order valence-electron chi connectivity index (χ2n) is 17.0.